The maximum Gasteiger partial charge on any atom is 0.277 e. The molecule has 2 rings (SSSR count). The van der Waals surface area contributed by atoms with Gasteiger partial charge in [0.25, 0.3) is 5.22 Å². The maximum atomic E-state index is 12.1. The van der Waals surface area contributed by atoms with E-state index in [0.29, 0.717) is 11.1 Å². The van der Waals surface area contributed by atoms with Gasteiger partial charge in [0, 0.05) is 11.1 Å². The second kappa shape index (κ2) is 6.74. The summed E-state index contributed by atoms with van der Waals surface area (Å²) in [5.74, 6) is 0.427. The molecule has 1 aromatic heterocycles. The zero-order valence-electron chi connectivity index (χ0n) is 14.4. The first kappa shape index (κ1) is 17.5. The number of benzene rings is 1. The molecule has 124 valence electrons. The van der Waals surface area contributed by atoms with Crippen molar-refractivity contribution in [2.24, 2.45) is 0 Å². The van der Waals surface area contributed by atoms with Crippen LogP contribution in [-0.2, 0) is 4.79 Å². The van der Waals surface area contributed by atoms with E-state index in [1.54, 1.807) is 0 Å². The highest BCUT2D eigenvalue weighted by molar-refractivity contribution is 8.00. The molecule has 0 fully saturated rings. The van der Waals surface area contributed by atoms with Crippen LogP contribution in [0.5, 0.6) is 0 Å². The van der Waals surface area contributed by atoms with Gasteiger partial charge in [-0.25, -0.2) is 0 Å². The number of aryl methyl sites for hydroxylation is 2. The Morgan fingerprint density at radius 3 is 2.35 bits per heavy atom. The minimum atomic E-state index is -0.304. The Balaban J connectivity index is 2.09. The van der Waals surface area contributed by atoms with Crippen molar-refractivity contribution in [3.05, 3.63) is 29.3 Å². The summed E-state index contributed by atoms with van der Waals surface area (Å²) in [6.45, 7) is 11.7. The monoisotopic (exact) mass is 333 g/mol. The SMILES string of the molecule is Cc1cc(C)cc(-c2nnc(S[C@@H](C)C(=O)NC(C)(C)C)o2)c1. The molecule has 0 spiro atoms. The van der Waals surface area contributed by atoms with E-state index in [1.807, 2.05) is 53.7 Å². The van der Waals surface area contributed by atoms with Gasteiger partial charge in [-0.3, -0.25) is 4.79 Å². The molecule has 1 atom stereocenters. The smallest absolute Gasteiger partial charge is 0.277 e. The van der Waals surface area contributed by atoms with E-state index < -0.39 is 0 Å². The molecule has 0 radical (unpaired) electrons. The van der Waals surface area contributed by atoms with Crippen LogP contribution in [0.1, 0.15) is 38.8 Å². The molecule has 0 unspecified atom stereocenters. The fraction of sp³-hybridized carbons (Fsp3) is 0.471. The quantitative estimate of drug-likeness (QED) is 0.863. The van der Waals surface area contributed by atoms with E-state index in [0.717, 1.165) is 16.7 Å². The second-order valence-electron chi connectivity index (χ2n) is 6.75. The first-order valence-electron chi connectivity index (χ1n) is 7.55. The molecule has 1 aromatic carbocycles. The van der Waals surface area contributed by atoms with Crippen molar-refractivity contribution in [1.82, 2.24) is 15.5 Å². The third-order valence-electron chi connectivity index (χ3n) is 3.02. The molecule has 0 aliphatic rings. The van der Waals surface area contributed by atoms with Crippen LogP contribution in [0.2, 0.25) is 0 Å². The number of nitrogens with zero attached hydrogens (tertiary/aromatic N) is 2. The molecule has 0 saturated heterocycles. The molecule has 2 aromatic rings. The van der Waals surface area contributed by atoms with Crippen LogP contribution in [0.15, 0.2) is 27.8 Å². The molecule has 0 aliphatic heterocycles. The van der Waals surface area contributed by atoms with Crippen molar-refractivity contribution in [2.75, 3.05) is 0 Å². The average molecular weight is 333 g/mol. The van der Waals surface area contributed by atoms with Crippen molar-refractivity contribution >= 4 is 17.7 Å². The lowest BCUT2D eigenvalue weighted by atomic mass is 10.1. The van der Waals surface area contributed by atoms with E-state index >= 15 is 0 Å². The number of hydrogen-bond donors (Lipinski definition) is 1. The predicted molar refractivity (Wildman–Crippen MR) is 92.4 cm³/mol. The van der Waals surface area contributed by atoms with Gasteiger partial charge >= 0.3 is 0 Å². The summed E-state index contributed by atoms with van der Waals surface area (Å²) in [6, 6.07) is 6.10. The van der Waals surface area contributed by atoms with Gasteiger partial charge in [0.15, 0.2) is 0 Å². The number of thioether (sulfide) groups is 1. The van der Waals surface area contributed by atoms with Crippen LogP contribution in [0.4, 0.5) is 0 Å². The van der Waals surface area contributed by atoms with Gasteiger partial charge in [-0.1, -0.05) is 29.0 Å². The normalized spacial score (nSPS) is 13.0. The lowest BCUT2D eigenvalue weighted by Crippen LogP contribution is -2.44. The molecule has 6 heteroatoms. The van der Waals surface area contributed by atoms with E-state index in [9.17, 15) is 4.79 Å². The summed E-state index contributed by atoms with van der Waals surface area (Å²) in [4.78, 5) is 12.1. The summed E-state index contributed by atoms with van der Waals surface area (Å²) in [6.07, 6.45) is 0. The van der Waals surface area contributed by atoms with Crippen LogP contribution in [0.3, 0.4) is 0 Å². The number of carbonyl (C=O) groups excluding carboxylic acids is 1. The van der Waals surface area contributed by atoms with E-state index in [2.05, 4.69) is 21.6 Å². The fourth-order valence-corrected chi connectivity index (χ4v) is 2.83. The first-order chi connectivity index (χ1) is 10.6. The number of hydrogen-bond acceptors (Lipinski definition) is 5. The number of nitrogens with one attached hydrogen (secondary N) is 1. The van der Waals surface area contributed by atoms with Crippen molar-refractivity contribution < 1.29 is 9.21 Å². The van der Waals surface area contributed by atoms with Gasteiger partial charge in [0.05, 0.1) is 5.25 Å². The molecule has 0 saturated carbocycles. The van der Waals surface area contributed by atoms with E-state index in [1.165, 1.54) is 11.8 Å². The minimum absolute atomic E-state index is 0.0475. The van der Waals surface area contributed by atoms with Gasteiger partial charge in [-0.2, -0.15) is 0 Å². The van der Waals surface area contributed by atoms with Crippen molar-refractivity contribution in [1.29, 1.82) is 0 Å². The Morgan fingerprint density at radius 2 is 1.78 bits per heavy atom. The lowest BCUT2D eigenvalue weighted by Gasteiger charge is -2.22. The third kappa shape index (κ3) is 5.10. The van der Waals surface area contributed by atoms with Crippen molar-refractivity contribution in [3.8, 4) is 11.5 Å². The highest BCUT2D eigenvalue weighted by atomic mass is 32.2. The topological polar surface area (TPSA) is 68.0 Å². The third-order valence-corrected chi connectivity index (χ3v) is 3.95. The standard InChI is InChI=1S/C17H23N3O2S/c1-10-7-11(2)9-13(8-10)15-19-20-16(22-15)23-12(3)14(21)18-17(4,5)6/h7-9,12H,1-6H3,(H,18,21)/t12-/m0/s1. The Hall–Kier alpha value is -1.82. The summed E-state index contributed by atoms with van der Waals surface area (Å²) < 4.78 is 5.69. The second-order valence-corrected chi connectivity index (χ2v) is 8.04. The van der Waals surface area contributed by atoms with E-state index in [4.69, 9.17) is 4.42 Å². The summed E-state index contributed by atoms with van der Waals surface area (Å²) >= 11 is 1.26. The number of aromatic nitrogens is 2. The van der Waals surface area contributed by atoms with Crippen molar-refractivity contribution in [2.45, 2.75) is 57.6 Å². The van der Waals surface area contributed by atoms with Crippen LogP contribution in [0.25, 0.3) is 11.5 Å². The molecule has 5 nitrogen and oxygen atoms in total. The van der Waals surface area contributed by atoms with Gasteiger partial charge in [-0.15, -0.1) is 10.2 Å². The zero-order valence-corrected chi connectivity index (χ0v) is 15.2. The Bertz CT molecular complexity index is 684. The lowest BCUT2D eigenvalue weighted by molar-refractivity contribution is -0.121. The van der Waals surface area contributed by atoms with Gasteiger partial charge in [0.2, 0.25) is 11.8 Å². The molecule has 1 heterocycles. The predicted octanol–water partition coefficient (Wildman–Crippen LogP) is 3.75. The van der Waals surface area contributed by atoms with E-state index in [-0.39, 0.29) is 16.7 Å². The molecule has 0 bridgehead atoms. The largest absolute Gasteiger partial charge is 0.411 e. The van der Waals surface area contributed by atoms with Crippen LogP contribution in [-0.4, -0.2) is 26.9 Å². The molecular weight excluding hydrogens is 310 g/mol. The molecule has 0 aliphatic carbocycles. The molecular formula is C17H23N3O2S. The zero-order chi connectivity index (χ0) is 17.2. The first-order valence-corrected chi connectivity index (χ1v) is 8.43. The van der Waals surface area contributed by atoms with Gasteiger partial charge in [-0.05, 0) is 53.7 Å². The number of rotatable bonds is 4. The number of carbonyl (C=O) groups is 1. The highest BCUT2D eigenvalue weighted by Crippen LogP contribution is 2.27. The fourth-order valence-electron chi connectivity index (χ4n) is 2.15. The van der Waals surface area contributed by atoms with Gasteiger partial charge in [0.1, 0.15) is 0 Å². The Kier molecular flexibility index (Phi) is 5.14. The number of amides is 1. The van der Waals surface area contributed by atoms with Gasteiger partial charge < -0.3 is 9.73 Å². The Labute approximate surface area is 141 Å². The maximum absolute atomic E-state index is 12.1. The summed E-state index contributed by atoms with van der Waals surface area (Å²) in [5.41, 5.74) is 2.93. The van der Waals surface area contributed by atoms with Crippen LogP contribution < -0.4 is 5.32 Å². The molecule has 23 heavy (non-hydrogen) atoms. The van der Waals surface area contributed by atoms with Crippen LogP contribution in [0, 0.1) is 13.8 Å². The molecule has 1 amide bonds. The average Bonchev–Trinajstić information content (AvgIpc) is 2.84. The summed E-state index contributed by atoms with van der Waals surface area (Å²) in [5, 5.41) is 11.2. The van der Waals surface area contributed by atoms with Crippen LogP contribution >= 0.6 is 11.8 Å². The minimum Gasteiger partial charge on any atom is -0.411 e. The van der Waals surface area contributed by atoms with Crippen molar-refractivity contribution in [3.63, 3.8) is 0 Å². The molecule has 1 N–H and O–H groups in total. The Morgan fingerprint density at radius 1 is 1.17 bits per heavy atom. The highest BCUT2D eigenvalue weighted by Gasteiger charge is 2.22. The summed E-state index contributed by atoms with van der Waals surface area (Å²) in [7, 11) is 0.